The lowest BCUT2D eigenvalue weighted by Gasteiger charge is -2.30. The molecule has 1 unspecified atom stereocenters. The number of piperazine rings is 1. The van der Waals surface area contributed by atoms with Crippen LogP contribution in [0.4, 0.5) is 0 Å². The predicted molar refractivity (Wildman–Crippen MR) is 142 cm³/mol. The van der Waals surface area contributed by atoms with Gasteiger partial charge in [0.1, 0.15) is 5.75 Å². The van der Waals surface area contributed by atoms with Crippen LogP contribution >= 0.6 is 0 Å². The molecule has 0 saturated carbocycles. The number of nitrogens with one attached hydrogen (secondary N) is 1. The summed E-state index contributed by atoms with van der Waals surface area (Å²) < 4.78 is 0. The van der Waals surface area contributed by atoms with Crippen LogP contribution in [0.1, 0.15) is 41.3 Å². The van der Waals surface area contributed by atoms with Gasteiger partial charge in [-0.2, -0.15) is 0 Å². The number of carbonyl (C=O) groups excluding carboxylic acids is 1. The van der Waals surface area contributed by atoms with E-state index >= 15 is 0 Å². The molecule has 0 radical (unpaired) electrons. The van der Waals surface area contributed by atoms with Crippen LogP contribution < -0.4 is 5.32 Å². The molecular weight excluding hydrogens is 454 g/mol. The van der Waals surface area contributed by atoms with Crippen LogP contribution in [0.15, 0.2) is 72.8 Å². The van der Waals surface area contributed by atoms with Gasteiger partial charge in [0.2, 0.25) is 0 Å². The first-order chi connectivity index (χ1) is 17.3. The first-order valence-corrected chi connectivity index (χ1v) is 12.5. The highest BCUT2D eigenvalue weighted by atomic mass is 16.4. The lowest BCUT2D eigenvalue weighted by molar-refractivity contribution is -0.131. The SMILES string of the molecule is C=CCN1CCNC(C)C1.O=C(O)C=C1CCN(C(=O)c2cccc(Cc3cccc(O)c3)c2)CC1. The summed E-state index contributed by atoms with van der Waals surface area (Å²) >= 11 is 0. The molecule has 2 aliphatic rings. The molecule has 1 amide bonds. The molecule has 2 heterocycles. The second-order valence-corrected chi connectivity index (χ2v) is 9.38. The molecule has 36 heavy (non-hydrogen) atoms. The maximum Gasteiger partial charge on any atom is 0.328 e. The van der Waals surface area contributed by atoms with Gasteiger partial charge in [-0.05, 0) is 61.6 Å². The Kier molecular flexibility index (Phi) is 10.3. The molecule has 3 N–H and O–H groups in total. The number of piperidine rings is 1. The fourth-order valence-electron chi connectivity index (χ4n) is 4.58. The van der Waals surface area contributed by atoms with Crippen molar-refractivity contribution in [3.63, 3.8) is 0 Å². The molecule has 0 aliphatic carbocycles. The first-order valence-electron chi connectivity index (χ1n) is 12.5. The number of amides is 1. The van der Waals surface area contributed by atoms with E-state index < -0.39 is 5.97 Å². The van der Waals surface area contributed by atoms with Crippen molar-refractivity contribution in [1.82, 2.24) is 15.1 Å². The standard InChI is InChI=1S/C21H21NO4.C8H16N2/c23-19-6-2-4-17(13-19)11-16-3-1-5-18(12-16)21(26)22-9-7-15(8-10-22)14-20(24)25;1-3-5-10-6-4-9-8(2)7-10/h1-6,12-14,23H,7-11H2,(H,24,25);3,8-9H,1,4-7H2,2H3. The lowest BCUT2D eigenvalue weighted by atomic mass is 10.0. The zero-order chi connectivity index (χ0) is 25.9. The molecule has 4 rings (SSSR count). The summed E-state index contributed by atoms with van der Waals surface area (Å²) in [4.78, 5) is 27.7. The summed E-state index contributed by atoms with van der Waals surface area (Å²) in [6, 6.07) is 15.3. The van der Waals surface area contributed by atoms with Gasteiger partial charge in [0, 0.05) is 56.9 Å². The number of nitrogens with zero attached hydrogens (tertiary/aromatic N) is 2. The molecule has 7 heteroatoms. The zero-order valence-electron chi connectivity index (χ0n) is 21.0. The Labute approximate surface area is 213 Å². The highest BCUT2D eigenvalue weighted by Gasteiger charge is 2.21. The van der Waals surface area contributed by atoms with Crippen molar-refractivity contribution in [2.75, 3.05) is 39.3 Å². The van der Waals surface area contributed by atoms with Crippen molar-refractivity contribution in [3.8, 4) is 5.75 Å². The van der Waals surface area contributed by atoms with Crippen LogP contribution in [0.25, 0.3) is 0 Å². The topological polar surface area (TPSA) is 93.1 Å². The molecule has 7 nitrogen and oxygen atoms in total. The third-order valence-electron chi connectivity index (χ3n) is 6.35. The maximum atomic E-state index is 12.7. The minimum absolute atomic E-state index is 0.0304. The van der Waals surface area contributed by atoms with E-state index in [9.17, 15) is 14.7 Å². The summed E-state index contributed by atoms with van der Waals surface area (Å²) in [5.74, 6) is -0.732. The largest absolute Gasteiger partial charge is 0.508 e. The van der Waals surface area contributed by atoms with Crippen LogP contribution in [0.5, 0.6) is 5.75 Å². The number of carboxylic acid groups (broad SMARTS) is 1. The summed E-state index contributed by atoms with van der Waals surface area (Å²) in [5, 5.41) is 21.8. The summed E-state index contributed by atoms with van der Waals surface area (Å²) in [7, 11) is 0. The Bertz CT molecular complexity index is 1070. The van der Waals surface area contributed by atoms with Gasteiger partial charge in [0.25, 0.3) is 5.91 Å². The number of likely N-dealkylation sites (tertiary alicyclic amines) is 1. The number of carboxylic acids is 1. The van der Waals surface area contributed by atoms with Gasteiger partial charge >= 0.3 is 5.97 Å². The molecule has 2 aromatic rings. The Balaban J connectivity index is 0.000000303. The van der Waals surface area contributed by atoms with Crippen LogP contribution in [-0.2, 0) is 11.2 Å². The van der Waals surface area contributed by atoms with Crippen LogP contribution in [-0.4, -0.2) is 77.2 Å². The number of hydrogen-bond donors (Lipinski definition) is 3. The zero-order valence-corrected chi connectivity index (χ0v) is 21.0. The minimum atomic E-state index is -0.931. The smallest absolute Gasteiger partial charge is 0.328 e. The Morgan fingerprint density at radius 2 is 1.78 bits per heavy atom. The van der Waals surface area contributed by atoms with Gasteiger partial charge in [0.05, 0.1) is 0 Å². The summed E-state index contributed by atoms with van der Waals surface area (Å²) in [6.07, 6.45) is 5.05. The van der Waals surface area contributed by atoms with Crippen molar-refractivity contribution in [1.29, 1.82) is 0 Å². The van der Waals surface area contributed by atoms with E-state index in [4.69, 9.17) is 5.11 Å². The third-order valence-corrected chi connectivity index (χ3v) is 6.35. The van der Waals surface area contributed by atoms with Crippen molar-refractivity contribution in [2.24, 2.45) is 0 Å². The van der Waals surface area contributed by atoms with E-state index in [0.29, 0.717) is 44.0 Å². The first kappa shape index (κ1) is 27.2. The van der Waals surface area contributed by atoms with E-state index in [1.165, 1.54) is 6.08 Å². The lowest BCUT2D eigenvalue weighted by Crippen LogP contribution is -2.49. The second kappa shape index (κ2) is 13.6. The molecular formula is C29H37N3O4. The number of carbonyl (C=O) groups is 2. The predicted octanol–water partition coefficient (Wildman–Crippen LogP) is 3.70. The van der Waals surface area contributed by atoms with Crippen LogP contribution in [0.2, 0.25) is 0 Å². The van der Waals surface area contributed by atoms with E-state index in [1.54, 1.807) is 29.2 Å². The third kappa shape index (κ3) is 8.66. The monoisotopic (exact) mass is 491 g/mol. The van der Waals surface area contributed by atoms with Crippen LogP contribution in [0.3, 0.4) is 0 Å². The summed E-state index contributed by atoms with van der Waals surface area (Å²) in [5.41, 5.74) is 3.49. The quantitative estimate of drug-likeness (QED) is 0.422. The van der Waals surface area contributed by atoms with Gasteiger partial charge in [-0.3, -0.25) is 9.69 Å². The van der Waals surface area contributed by atoms with Crippen molar-refractivity contribution >= 4 is 11.9 Å². The molecule has 2 aromatic carbocycles. The number of hydrogen-bond acceptors (Lipinski definition) is 5. The van der Waals surface area contributed by atoms with Gasteiger partial charge < -0.3 is 20.4 Å². The number of rotatable bonds is 6. The van der Waals surface area contributed by atoms with E-state index in [2.05, 4.69) is 23.7 Å². The highest BCUT2D eigenvalue weighted by molar-refractivity contribution is 5.94. The molecule has 0 aromatic heterocycles. The fourth-order valence-corrected chi connectivity index (χ4v) is 4.58. The van der Waals surface area contributed by atoms with Gasteiger partial charge in [-0.1, -0.05) is 35.9 Å². The van der Waals surface area contributed by atoms with Crippen LogP contribution in [0, 0.1) is 0 Å². The van der Waals surface area contributed by atoms with E-state index in [-0.39, 0.29) is 11.7 Å². The molecule has 2 saturated heterocycles. The van der Waals surface area contributed by atoms with E-state index in [1.807, 2.05) is 30.3 Å². The van der Waals surface area contributed by atoms with Crippen molar-refractivity contribution < 1.29 is 19.8 Å². The Morgan fingerprint density at radius 1 is 1.08 bits per heavy atom. The van der Waals surface area contributed by atoms with E-state index in [0.717, 1.165) is 42.9 Å². The normalized spacial score (nSPS) is 18.1. The highest BCUT2D eigenvalue weighted by Crippen LogP contribution is 2.20. The van der Waals surface area contributed by atoms with Crippen molar-refractivity contribution in [3.05, 3.63) is 89.5 Å². The van der Waals surface area contributed by atoms with Crippen molar-refractivity contribution in [2.45, 2.75) is 32.2 Å². The number of phenolic OH excluding ortho intramolecular Hbond substituents is 1. The number of aromatic hydroxyl groups is 1. The Morgan fingerprint density at radius 3 is 2.42 bits per heavy atom. The molecule has 192 valence electrons. The molecule has 0 spiro atoms. The summed E-state index contributed by atoms with van der Waals surface area (Å²) in [6.45, 7) is 11.5. The molecule has 2 fully saturated rings. The number of aliphatic carboxylic acids is 1. The average Bonchev–Trinajstić information content (AvgIpc) is 2.85. The molecule has 1 atom stereocenters. The Hall–Kier alpha value is -3.42. The maximum absolute atomic E-state index is 12.7. The van der Waals surface area contributed by atoms with Gasteiger partial charge in [0.15, 0.2) is 0 Å². The molecule has 0 bridgehead atoms. The average molecular weight is 492 g/mol. The fraction of sp³-hybridized carbons (Fsp3) is 0.379. The van der Waals surface area contributed by atoms with Gasteiger partial charge in [-0.25, -0.2) is 4.79 Å². The number of benzene rings is 2. The number of phenols is 1. The second-order valence-electron chi connectivity index (χ2n) is 9.38. The molecule has 2 aliphatic heterocycles. The van der Waals surface area contributed by atoms with Gasteiger partial charge in [-0.15, -0.1) is 6.58 Å². The minimum Gasteiger partial charge on any atom is -0.508 e.